The Balaban J connectivity index is 1.82. The monoisotopic (exact) mass is 609 g/mol. The number of imidazole rings is 1. The van der Waals surface area contributed by atoms with Crippen LogP contribution in [0.1, 0.15) is 29.7 Å². The number of benzene rings is 2. The average molecular weight is 610 g/mol. The lowest BCUT2D eigenvalue weighted by molar-refractivity contribution is -0.142. The highest BCUT2D eigenvalue weighted by atomic mass is 16.4. The molecule has 0 aliphatic carbocycles. The number of aliphatic carboxylic acids is 1. The molecule has 1 aromatic heterocycles. The van der Waals surface area contributed by atoms with Gasteiger partial charge in [0.2, 0.25) is 23.6 Å². The number of hydrogen-bond acceptors (Lipinski definition) is 9. The molecule has 234 valence electrons. The fourth-order valence-electron chi connectivity index (χ4n) is 4.22. The first-order valence-electron chi connectivity index (χ1n) is 13.6. The first-order chi connectivity index (χ1) is 20.9. The Morgan fingerprint density at radius 2 is 1.23 bits per heavy atom. The number of H-pyrrole nitrogens is 1. The van der Waals surface area contributed by atoms with E-state index < -0.39 is 53.8 Å². The van der Waals surface area contributed by atoms with E-state index in [-0.39, 0.29) is 43.6 Å². The Labute approximate surface area is 252 Å². The van der Waals surface area contributed by atoms with Gasteiger partial charge in [0, 0.05) is 37.6 Å². The maximum Gasteiger partial charge on any atom is 0.326 e. The summed E-state index contributed by atoms with van der Waals surface area (Å²) >= 11 is 0. The number of rotatable bonds is 16. The van der Waals surface area contributed by atoms with Crippen molar-refractivity contribution < 1.29 is 39.3 Å². The fourth-order valence-corrected chi connectivity index (χ4v) is 4.22. The molecule has 0 saturated carbocycles. The number of carbonyl (C=O) groups is 5. The van der Waals surface area contributed by atoms with E-state index in [1.165, 1.54) is 61.1 Å². The SMILES string of the molecule is NC(=O)CCC(N)C(=O)NC(Cc1cnc[nH]1)C(=O)NC(Cc1ccc(O)cc1)C(=O)NC(Cc1ccc(O)cc1)C(=O)O. The summed E-state index contributed by atoms with van der Waals surface area (Å²) in [4.78, 5) is 69.7. The van der Waals surface area contributed by atoms with E-state index in [0.717, 1.165) is 0 Å². The zero-order chi connectivity index (χ0) is 32.2. The van der Waals surface area contributed by atoms with Crippen molar-refractivity contribution in [3.05, 3.63) is 77.9 Å². The molecule has 3 rings (SSSR count). The van der Waals surface area contributed by atoms with Crippen LogP contribution in [0.5, 0.6) is 11.5 Å². The number of phenols is 2. The average Bonchev–Trinajstić information content (AvgIpc) is 3.50. The summed E-state index contributed by atoms with van der Waals surface area (Å²) in [5, 5.41) is 36.6. The van der Waals surface area contributed by atoms with Gasteiger partial charge in [-0.2, -0.15) is 0 Å². The molecule has 4 unspecified atom stereocenters. The molecule has 15 heteroatoms. The number of aromatic nitrogens is 2. The molecule has 4 atom stereocenters. The van der Waals surface area contributed by atoms with Crippen molar-refractivity contribution >= 4 is 29.6 Å². The minimum absolute atomic E-state index is 0.00747. The van der Waals surface area contributed by atoms with Gasteiger partial charge in [0.15, 0.2) is 0 Å². The van der Waals surface area contributed by atoms with Gasteiger partial charge < -0.3 is 47.7 Å². The number of phenolic OH excluding ortho intramolecular Hbond substituents is 2. The van der Waals surface area contributed by atoms with Crippen LogP contribution >= 0.6 is 0 Å². The summed E-state index contributed by atoms with van der Waals surface area (Å²) < 4.78 is 0. The van der Waals surface area contributed by atoms with Crippen molar-refractivity contribution in [3.63, 3.8) is 0 Å². The Bertz CT molecular complexity index is 1430. The Morgan fingerprint density at radius 1 is 0.750 bits per heavy atom. The smallest absolute Gasteiger partial charge is 0.326 e. The maximum absolute atomic E-state index is 13.6. The van der Waals surface area contributed by atoms with E-state index >= 15 is 0 Å². The van der Waals surface area contributed by atoms with Crippen molar-refractivity contribution in [2.24, 2.45) is 11.5 Å². The summed E-state index contributed by atoms with van der Waals surface area (Å²) in [5.41, 5.74) is 12.6. The molecule has 2 aromatic carbocycles. The number of amides is 4. The largest absolute Gasteiger partial charge is 0.508 e. The second kappa shape index (κ2) is 15.7. The van der Waals surface area contributed by atoms with Gasteiger partial charge in [-0.1, -0.05) is 24.3 Å². The van der Waals surface area contributed by atoms with Gasteiger partial charge in [-0.25, -0.2) is 9.78 Å². The van der Waals surface area contributed by atoms with Crippen LogP contribution < -0.4 is 27.4 Å². The fraction of sp³-hybridized carbons (Fsp3) is 0.310. The third-order valence-corrected chi connectivity index (χ3v) is 6.65. The molecule has 15 nitrogen and oxygen atoms in total. The van der Waals surface area contributed by atoms with E-state index in [4.69, 9.17) is 11.5 Å². The lowest BCUT2D eigenvalue weighted by atomic mass is 10.0. The van der Waals surface area contributed by atoms with Crippen molar-refractivity contribution in [1.82, 2.24) is 25.9 Å². The van der Waals surface area contributed by atoms with Gasteiger partial charge >= 0.3 is 5.97 Å². The number of carboxylic acids is 1. The van der Waals surface area contributed by atoms with Crippen molar-refractivity contribution in [2.75, 3.05) is 0 Å². The number of nitrogens with zero attached hydrogens (tertiary/aromatic N) is 1. The Kier molecular flexibility index (Phi) is 11.8. The molecule has 4 amide bonds. The molecule has 0 bridgehead atoms. The Hall–Kier alpha value is -5.44. The molecule has 1 heterocycles. The van der Waals surface area contributed by atoms with Crippen molar-refractivity contribution in [2.45, 2.75) is 56.3 Å². The predicted octanol–water partition coefficient (Wildman–Crippen LogP) is -1.02. The zero-order valence-corrected chi connectivity index (χ0v) is 23.6. The number of aromatic hydroxyl groups is 2. The number of hydrogen-bond donors (Lipinski definition) is 9. The molecular formula is C29H35N7O8. The molecule has 0 fully saturated rings. The van der Waals surface area contributed by atoms with E-state index in [1.54, 1.807) is 0 Å². The molecule has 0 aliphatic heterocycles. The normalized spacial score (nSPS) is 13.6. The summed E-state index contributed by atoms with van der Waals surface area (Å²) in [6.07, 6.45) is 2.37. The number of carbonyl (C=O) groups excluding carboxylic acids is 4. The van der Waals surface area contributed by atoms with Crippen LogP contribution in [0.15, 0.2) is 61.1 Å². The molecule has 11 N–H and O–H groups in total. The second-order valence-electron chi connectivity index (χ2n) is 10.2. The molecule has 0 spiro atoms. The highest BCUT2D eigenvalue weighted by molar-refractivity contribution is 5.94. The van der Waals surface area contributed by atoms with Crippen LogP contribution in [-0.4, -0.2) is 79.1 Å². The van der Waals surface area contributed by atoms with Gasteiger partial charge in [0.1, 0.15) is 29.6 Å². The van der Waals surface area contributed by atoms with Crippen LogP contribution in [0, 0.1) is 0 Å². The first kappa shape index (κ1) is 33.1. The quantitative estimate of drug-likeness (QED) is 0.0954. The first-order valence-corrected chi connectivity index (χ1v) is 13.6. The van der Waals surface area contributed by atoms with Gasteiger partial charge in [0.25, 0.3) is 0 Å². The predicted molar refractivity (Wildman–Crippen MR) is 156 cm³/mol. The second-order valence-corrected chi connectivity index (χ2v) is 10.2. The number of aromatic amines is 1. The number of primary amides is 1. The lowest BCUT2D eigenvalue weighted by Gasteiger charge is -2.25. The van der Waals surface area contributed by atoms with Crippen molar-refractivity contribution in [1.29, 1.82) is 0 Å². The molecular weight excluding hydrogens is 574 g/mol. The topological polar surface area (TPSA) is 263 Å². The molecule has 0 radical (unpaired) electrons. The van der Waals surface area contributed by atoms with Crippen LogP contribution in [0.3, 0.4) is 0 Å². The zero-order valence-electron chi connectivity index (χ0n) is 23.6. The van der Waals surface area contributed by atoms with Gasteiger partial charge in [-0.05, 0) is 41.8 Å². The van der Waals surface area contributed by atoms with Crippen LogP contribution in [-0.2, 0) is 43.2 Å². The molecule has 0 aliphatic rings. The number of carboxylic acid groups (broad SMARTS) is 1. The van der Waals surface area contributed by atoms with Crippen LogP contribution in [0.4, 0.5) is 0 Å². The van der Waals surface area contributed by atoms with Gasteiger partial charge in [-0.3, -0.25) is 19.2 Å². The van der Waals surface area contributed by atoms with Gasteiger partial charge in [-0.15, -0.1) is 0 Å². The number of nitrogens with one attached hydrogen (secondary N) is 4. The van der Waals surface area contributed by atoms with E-state index in [1.807, 2.05) is 0 Å². The minimum Gasteiger partial charge on any atom is -0.508 e. The van der Waals surface area contributed by atoms with Crippen LogP contribution in [0.25, 0.3) is 0 Å². The third kappa shape index (κ3) is 10.4. The number of nitrogens with two attached hydrogens (primary N) is 2. The van der Waals surface area contributed by atoms with Gasteiger partial charge in [0.05, 0.1) is 12.4 Å². The summed E-state index contributed by atoms with van der Waals surface area (Å²) in [6, 6.07) is 6.59. The standard InChI is InChI=1S/C29H35N7O8/c30-21(9-10-25(31)39)26(40)34-23(13-18-14-32-15-33-18)28(42)35-22(11-16-1-5-19(37)6-2-16)27(41)36-24(29(43)44)12-17-3-7-20(38)8-4-17/h1-8,14-15,21-24,37-38H,9-13,30H2,(H2,31,39)(H,32,33)(H,34,40)(H,35,42)(H,36,41)(H,43,44). The van der Waals surface area contributed by atoms with E-state index in [2.05, 4.69) is 25.9 Å². The highest BCUT2D eigenvalue weighted by Gasteiger charge is 2.31. The lowest BCUT2D eigenvalue weighted by Crippen LogP contribution is -2.58. The molecule has 44 heavy (non-hydrogen) atoms. The summed E-state index contributed by atoms with van der Waals surface area (Å²) in [5.74, 6) is -4.32. The molecule has 3 aromatic rings. The van der Waals surface area contributed by atoms with E-state index in [9.17, 15) is 39.3 Å². The minimum atomic E-state index is -1.38. The summed E-state index contributed by atoms with van der Waals surface area (Å²) in [7, 11) is 0. The summed E-state index contributed by atoms with van der Waals surface area (Å²) in [6.45, 7) is 0. The highest BCUT2D eigenvalue weighted by Crippen LogP contribution is 2.14. The van der Waals surface area contributed by atoms with E-state index in [0.29, 0.717) is 16.8 Å². The maximum atomic E-state index is 13.6. The van der Waals surface area contributed by atoms with Crippen LogP contribution in [0.2, 0.25) is 0 Å². The third-order valence-electron chi connectivity index (χ3n) is 6.65. The molecule has 0 saturated heterocycles. The Morgan fingerprint density at radius 3 is 1.70 bits per heavy atom. The van der Waals surface area contributed by atoms with Crippen molar-refractivity contribution in [3.8, 4) is 11.5 Å².